The predicted octanol–water partition coefficient (Wildman–Crippen LogP) is 4.09. The van der Waals surface area contributed by atoms with Crippen LogP contribution >= 0.6 is 22.6 Å². The first-order valence-electron chi connectivity index (χ1n) is 10.3. The minimum Gasteiger partial charge on any atom is -0.483 e. The summed E-state index contributed by atoms with van der Waals surface area (Å²) in [6.07, 6.45) is 0. The molecule has 0 aliphatic carbocycles. The van der Waals surface area contributed by atoms with E-state index in [2.05, 4.69) is 33.2 Å². The van der Waals surface area contributed by atoms with E-state index in [0.29, 0.717) is 5.69 Å². The molecule has 33 heavy (non-hydrogen) atoms. The monoisotopic (exact) mass is 557 g/mol. The zero-order chi connectivity index (χ0) is 23.8. The van der Waals surface area contributed by atoms with E-state index in [-0.39, 0.29) is 29.7 Å². The van der Waals surface area contributed by atoms with Gasteiger partial charge in [-0.15, -0.1) is 0 Å². The van der Waals surface area contributed by atoms with Crippen molar-refractivity contribution < 1.29 is 19.1 Å². The first-order valence-corrected chi connectivity index (χ1v) is 11.3. The van der Waals surface area contributed by atoms with E-state index in [0.717, 1.165) is 9.26 Å². The van der Waals surface area contributed by atoms with Gasteiger partial charge in [0, 0.05) is 22.0 Å². The highest BCUT2D eigenvalue weighted by molar-refractivity contribution is 14.1. The molecule has 0 saturated carbocycles. The van der Waals surface area contributed by atoms with Gasteiger partial charge in [-0.2, -0.15) is 0 Å². The van der Waals surface area contributed by atoms with E-state index < -0.39 is 11.9 Å². The number of anilines is 2. The predicted molar refractivity (Wildman–Crippen MR) is 137 cm³/mol. The van der Waals surface area contributed by atoms with Crippen LogP contribution in [0.4, 0.5) is 11.4 Å². The van der Waals surface area contributed by atoms with Crippen molar-refractivity contribution in [2.45, 2.75) is 13.0 Å². The van der Waals surface area contributed by atoms with Crippen molar-refractivity contribution in [3.63, 3.8) is 0 Å². The van der Waals surface area contributed by atoms with Gasteiger partial charge in [0.15, 0.2) is 6.61 Å². The second-order valence-corrected chi connectivity index (χ2v) is 8.51. The molecule has 0 aliphatic rings. The molecule has 3 rings (SSSR count). The Bertz CT molecular complexity index is 1120. The molecule has 170 valence electrons. The summed E-state index contributed by atoms with van der Waals surface area (Å²) in [5.41, 5.74) is 1.62. The molecule has 3 aromatic carbocycles. The van der Waals surface area contributed by atoms with E-state index >= 15 is 0 Å². The summed E-state index contributed by atoms with van der Waals surface area (Å²) in [6.45, 7) is 1.36. The summed E-state index contributed by atoms with van der Waals surface area (Å²) in [4.78, 5) is 39.3. The minimum absolute atomic E-state index is 0.238. The van der Waals surface area contributed by atoms with Crippen molar-refractivity contribution in [3.05, 3.63) is 88.0 Å². The van der Waals surface area contributed by atoms with Crippen LogP contribution in [0.3, 0.4) is 0 Å². The SMILES string of the molecule is C[C@@H](NC(=O)c1ccccc1OCC(=O)Nc1ccc(I)cc1)C(=O)N(C)c1ccccc1. The van der Waals surface area contributed by atoms with E-state index in [9.17, 15) is 14.4 Å². The number of carbonyl (C=O) groups is 3. The largest absolute Gasteiger partial charge is 0.483 e. The number of hydrogen-bond acceptors (Lipinski definition) is 4. The number of nitrogens with zero attached hydrogens (tertiary/aromatic N) is 1. The lowest BCUT2D eigenvalue weighted by atomic mass is 10.1. The van der Waals surface area contributed by atoms with Gasteiger partial charge in [0.1, 0.15) is 11.8 Å². The normalized spacial score (nSPS) is 11.2. The molecular formula is C25H24IN3O4. The summed E-state index contributed by atoms with van der Waals surface area (Å²) < 4.78 is 6.66. The Labute approximate surface area is 206 Å². The van der Waals surface area contributed by atoms with Crippen LogP contribution in [0, 0.1) is 3.57 Å². The zero-order valence-corrected chi connectivity index (χ0v) is 20.4. The minimum atomic E-state index is -0.764. The smallest absolute Gasteiger partial charge is 0.262 e. The Hall–Kier alpha value is -3.40. The Morgan fingerprint density at radius 1 is 0.939 bits per heavy atom. The lowest BCUT2D eigenvalue weighted by Crippen LogP contribution is -2.45. The first kappa shape index (κ1) is 24.2. The molecule has 0 radical (unpaired) electrons. The number of rotatable bonds is 8. The molecule has 0 saturated heterocycles. The molecule has 0 unspecified atom stereocenters. The lowest BCUT2D eigenvalue weighted by molar-refractivity contribution is -0.120. The van der Waals surface area contributed by atoms with Gasteiger partial charge in [0.25, 0.3) is 11.8 Å². The van der Waals surface area contributed by atoms with Gasteiger partial charge in [-0.25, -0.2) is 0 Å². The fourth-order valence-electron chi connectivity index (χ4n) is 3.06. The van der Waals surface area contributed by atoms with Gasteiger partial charge in [0.05, 0.1) is 5.56 Å². The van der Waals surface area contributed by atoms with Crippen LogP contribution in [-0.4, -0.2) is 37.4 Å². The maximum atomic E-state index is 12.8. The van der Waals surface area contributed by atoms with Gasteiger partial charge >= 0.3 is 0 Å². The lowest BCUT2D eigenvalue weighted by Gasteiger charge is -2.22. The van der Waals surface area contributed by atoms with Gasteiger partial charge in [-0.3, -0.25) is 14.4 Å². The zero-order valence-electron chi connectivity index (χ0n) is 18.2. The van der Waals surface area contributed by atoms with Crippen molar-refractivity contribution >= 4 is 51.7 Å². The summed E-state index contributed by atoms with van der Waals surface area (Å²) in [7, 11) is 1.66. The van der Waals surface area contributed by atoms with Crippen molar-refractivity contribution in [2.75, 3.05) is 23.9 Å². The Morgan fingerprint density at radius 3 is 2.27 bits per heavy atom. The number of carbonyl (C=O) groups excluding carboxylic acids is 3. The van der Waals surface area contributed by atoms with Crippen LogP contribution in [0.1, 0.15) is 17.3 Å². The van der Waals surface area contributed by atoms with E-state index in [1.165, 1.54) is 4.90 Å². The molecule has 2 N–H and O–H groups in total. The molecule has 0 heterocycles. The highest BCUT2D eigenvalue weighted by Gasteiger charge is 2.22. The average Bonchev–Trinajstić information content (AvgIpc) is 2.84. The van der Waals surface area contributed by atoms with Gasteiger partial charge in [-0.1, -0.05) is 30.3 Å². The number of halogens is 1. The topological polar surface area (TPSA) is 87.7 Å². The van der Waals surface area contributed by atoms with Gasteiger partial charge in [0.2, 0.25) is 5.91 Å². The first-order chi connectivity index (χ1) is 15.8. The van der Waals surface area contributed by atoms with Crippen molar-refractivity contribution in [2.24, 2.45) is 0 Å². The number of hydrogen-bond donors (Lipinski definition) is 2. The van der Waals surface area contributed by atoms with Crippen LogP contribution in [-0.2, 0) is 9.59 Å². The molecule has 3 aromatic rings. The second-order valence-electron chi connectivity index (χ2n) is 7.27. The Balaban J connectivity index is 1.60. The summed E-state index contributed by atoms with van der Waals surface area (Å²) in [6, 6.07) is 22.4. The quantitative estimate of drug-likeness (QED) is 0.409. The van der Waals surface area contributed by atoms with E-state index in [1.54, 1.807) is 50.4 Å². The number of para-hydroxylation sites is 2. The maximum Gasteiger partial charge on any atom is 0.262 e. The fourth-order valence-corrected chi connectivity index (χ4v) is 3.42. The molecule has 0 aromatic heterocycles. The third kappa shape index (κ3) is 6.79. The van der Waals surface area contributed by atoms with Crippen molar-refractivity contribution in [3.8, 4) is 5.75 Å². The number of ether oxygens (including phenoxy) is 1. The summed E-state index contributed by atoms with van der Waals surface area (Å²) in [5.74, 6) is -0.820. The van der Waals surface area contributed by atoms with Crippen LogP contribution in [0.25, 0.3) is 0 Å². The molecule has 7 nitrogen and oxygen atoms in total. The molecule has 0 aliphatic heterocycles. The molecule has 1 atom stereocenters. The van der Waals surface area contributed by atoms with Crippen molar-refractivity contribution in [1.29, 1.82) is 0 Å². The van der Waals surface area contributed by atoms with Gasteiger partial charge in [-0.05, 0) is 78.0 Å². The van der Waals surface area contributed by atoms with Crippen LogP contribution in [0.2, 0.25) is 0 Å². The maximum absolute atomic E-state index is 12.8. The number of benzene rings is 3. The van der Waals surface area contributed by atoms with Gasteiger partial charge < -0.3 is 20.3 Å². The average molecular weight is 557 g/mol. The fraction of sp³-hybridized carbons (Fsp3) is 0.160. The molecule has 0 bridgehead atoms. The van der Waals surface area contributed by atoms with Crippen LogP contribution in [0.5, 0.6) is 5.75 Å². The van der Waals surface area contributed by atoms with Crippen molar-refractivity contribution in [1.82, 2.24) is 5.32 Å². The molecular weight excluding hydrogens is 533 g/mol. The Morgan fingerprint density at radius 2 is 1.58 bits per heavy atom. The molecule has 8 heteroatoms. The standard InChI is InChI=1S/C25H24IN3O4/c1-17(25(32)29(2)20-8-4-3-5-9-20)27-24(31)21-10-6-7-11-22(21)33-16-23(30)28-19-14-12-18(26)13-15-19/h3-15,17H,16H2,1-2H3,(H,27,31)(H,28,30)/t17-/m1/s1. The highest BCUT2D eigenvalue weighted by Crippen LogP contribution is 2.19. The summed E-state index contributed by atoms with van der Waals surface area (Å²) >= 11 is 2.18. The van der Waals surface area contributed by atoms with Crippen LogP contribution < -0.4 is 20.3 Å². The third-order valence-corrected chi connectivity index (χ3v) is 5.53. The molecule has 0 fully saturated rings. The highest BCUT2D eigenvalue weighted by atomic mass is 127. The number of nitrogens with one attached hydrogen (secondary N) is 2. The second kappa shape index (κ2) is 11.5. The van der Waals surface area contributed by atoms with E-state index in [4.69, 9.17) is 4.74 Å². The number of likely N-dealkylation sites (N-methyl/N-ethyl adjacent to an activating group) is 1. The van der Waals surface area contributed by atoms with E-state index in [1.807, 2.05) is 42.5 Å². The summed E-state index contributed by atoms with van der Waals surface area (Å²) in [5, 5.41) is 5.45. The molecule has 3 amide bonds. The molecule has 0 spiro atoms. The third-order valence-electron chi connectivity index (χ3n) is 4.81. The van der Waals surface area contributed by atoms with Crippen LogP contribution in [0.15, 0.2) is 78.9 Å². The Kier molecular flexibility index (Phi) is 8.42. The number of amides is 3.